The van der Waals surface area contributed by atoms with E-state index in [0.717, 1.165) is 16.7 Å². The van der Waals surface area contributed by atoms with Crippen molar-refractivity contribution in [2.45, 2.75) is 39.5 Å². The molecule has 1 amide bonds. The van der Waals surface area contributed by atoms with E-state index in [2.05, 4.69) is 26.1 Å². The molecule has 0 bridgehead atoms. The Labute approximate surface area is 228 Å². The molecule has 1 heterocycles. The van der Waals surface area contributed by atoms with Gasteiger partial charge in [-0.1, -0.05) is 57.2 Å². The van der Waals surface area contributed by atoms with Crippen molar-refractivity contribution >= 4 is 16.9 Å². The van der Waals surface area contributed by atoms with Gasteiger partial charge in [0.05, 0.1) is 19.6 Å². The fourth-order valence-corrected chi connectivity index (χ4v) is 4.30. The number of carbonyl (C=O) groups excluding carboxylic acids is 1. The number of hydrogen-bond donors (Lipinski definition) is 1. The summed E-state index contributed by atoms with van der Waals surface area (Å²) in [7, 11) is 3.17. The van der Waals surface area contributed by atoms with Gasteiger partial charge in [-0.15, -0.1) is 0 Å². The molecule has 3 aromatic carbocycles. The lowest BCUT2D eigenvalue weighted by molar-refractivity contribution is -0.123. The summed E-state index contributed by atoms with van der Waals surface area (Å²) in [6, 6.07) is 18.9. The van der Waals surface area contributed by atoms with E-state index < -0.39 is 0 Å². The van der Waals surface area contributed by atoms with Crippen molar-refractivity contribution in [2.75, 3.05) is 27.4 Å². The molecule has 204 valence electrons. The summed E-state index contributed by atoms with van der Waals surface area (Å²) < 4.78 is 22.6. The van der Waals surface area contributed by atoms with Gasteiger partial charge in [0.2, 0.25) is 11.2 Å². The molecule has 0 aliphatic heterocycles. The SMILES string of the molecule is COc1ccc(CCNC(=O)COc2c(-c3ccc(C(C)(C)C)cc3)oc3cc(C)ccc3c2=O)cc1OC. The first kappa shape index (κ1) is 27.8. The van der Waals surface area contributed by atoms with Crippen molar-refractivity contribution in [1.82, 2.24) is 5.32 Å². The van der Waals surface area contributed by atoms with Gasteiger partial charge in [0.25, 0.3) is 5.91 Å². The number of methoxy groups -OCH3 is 2. The van der Waals surface area contributed by atoms with Crippen LogP contribution in [0.2, 0.25) is 0 Å². The zero-order valence-electron chi connectivity index (χ0n) is 23.3. The van der Waals surface area contributed by atoms with E-state index in [1.807, 2.05) is 61.5 Å². The third-order valence-electron chi connectivity index (χ3n) is 6.55. The van der Waals surface area contributed by atoms with Crippen LogP contribution in [0.15, 0.2) is 69.9 Å². The van der Waals surface area contributed by atoms with Crippen LogP contribution in [0.25, 0.3) is 22.3 Å². The van der Waals surface area contributed by atoms with Crippen molar-refractivity contribution in [1.29, 1.82) is 0 Å². The molecule has 7 heteroatoms. The Kier molecular flexibility index (Phi) is 8.29. The van der Waals surface area contributed by atoms with E-state index in [-0.39, 0.29) is 29.1 Å². The van der Waals surface area contributed by atoms with Crippen LogP contribution in [-0.2, 0) is 16.6 Å². The lowest BCUT2D eigenvalue weighted by Crippen LogP contribution is -2.31. The average Bonchev–Trinajstić information content (AvgIpc) is 2.91. The second-order valence-corrected chi connectivity index (χ2v) is 10.5. The molecule has 0 fully saturated rings. The molecule has 4 aromatic rings. The van der Waals surface area contributed by atoms with E-state index >= 15 is 0 Å². The highest BCUT2D eigenvalue weighted by Crippen LogP contribution is 2.33. The van der Waals surface area contributed by atoms with Gasteiger partial charge >= 0.3 is 0 Å². The molecule has 0 radical (unpaired) electrons. The van der Waals surface area contributed by atoms with Crippen molar-refractivity contribution in [3.05, 3.63) is 87.6 Å². The van der Waals surface area contributed by atoms with Crippen LogP contribution in [0.4, 0.5) is 0 Å². The predicted octanol–water partition coefficient (Wildman–Crippen LogP) is 5.82. The Morgan fingerprint density at radius 1 is 0.923 bits per heavy atom. The minimum Gasteiger partial charge on any atom is -0.493 e. The lowest BCUT2D eigenvalue weighted by atomic mass is 9.86. The first-order valence-electron chi connectivity index (χ1n) is 12.9. The van der Waals surface area contributed by atoms with Gasteiger partial charge in [-0.2, -0.15) is 0 Å². The van der Waals surface area contributed by atoms with Gasteiger partial charge in [-0.05, 0) is 59.7 Å². The zero-order chi connectivity index (χ0) is 28.2. The summed E-state index contributed by atoms with van der Waals surface area (Å²) >= 11 is 0. The fraction of sp³-hybridized carbons (Fsp3) is 0.312. The molecule has 7 nitrogen and oxygen atoms in total. The predicted molar refractivity (Wildman–Crippen MR) is 153 cm³/mol. The molecule has 0 aliphatic rings. The smallest absolute Gasteiger partial charge is 0.257 e. The number of amides is 1. The topological polar surface area (TPSA) is 87.0 Å². The summed E-state index contributed by atoms with van der Waals surface area (Å²) in [4.78, 5) is 26.1. The molecular weight excluding hydrogens is 494 g/mol. The number of ether oxygens (including phenoxy) is 3. The molecule has 0 saturated heterocycles. The van der Waals surface area contributed by atoms with Crippen LogP contribution in [-0.4, -0.2) is 33.3 Å². The second-order valence-electron chi connectivity index (χ2n) is 10.5. The molecule has 0 aliphatic carbocycles. The molecule has 0 atom stereocenters. The van der Waals surface area contributed by atoms with E-state index in [9.17, 15) is 9.59 Å². The normalized spacial score (nSPS) is 11.3. The lowest BCUT2D eigenvalue weighted by Gasteiger charge is -2.19. The van der Waals surface area contributed by atoms with Crippen LogP contribution in [0, 0.1) is 6.92 Å². The molecule has 0 spiro atoms. The van der Waals surface area contributed by atoms with E-state index in [4.69, 9.17) is 18.6 Å². The number of nitrogens with one attached hydrogen (secondary N) is 1. The third kappa shape index (κ3) is 6.42. The van der Waals surface area contributed by atoms with Crippen LogP contribution in [0.3, 0.4) is 0 Å². The highest BCUT2D eigenvalue weighted by molar-refractivity contribution is 5.83. The van der Waals surface area contributed by atoms with Crippen LogP contribution < -0.4 is 25.0 Å². The zero-order valence-corrected chi connectivity index (χ0v) is 23.3. The first-order valence-corrected chi connectivity index (χ1v) is 12.9. The fourth-order valence-electron chi connectivity index (χ4n) is 4.30. The maximum absolute atomic E-state index is 13.4. The molecule has 39 heavy (non-hydrogen) atoms. The van der Waals surface area contributed by atoms with E-state index in [1.54, 1.807) is 20.3 Å². The highest BCUT2D eigenvalue weighted by atomic mass is 16.5. The minimum absolute atomic E-state index is 0.0184. The van der Waals surface area contributed by atoms with Gasteiger partial charge in [0, 0.05) is 12.1 Å². The van der Waals surface area contributed by atoms with Gasteiger partial charge in [0.1, 0.15) is 5.58 Å². The van der Waals surface area contributed by atoms with Crippen molar-refractivity contribution in [3.63, 3.8) is 0 Å². The van der Waals surface area contributed by atoms with Gasteiger partial charge in [-0.25, -0.2) is 0 Å². The van der Waals surface area contributed by atoms with Gasteiger partial charge < -0.3 is 23.9 Å². The maximum atomic E-state index is 13.4. The Bertz CT molecular complexity index is 1530. The average molecular weight is 530 g/mol. The van der Waals surface area contributed by atoms with E-state index in [1.165, 1.54) is 0 Å². The molecule has 1 N–H and O–H groups in total. The number of rotatable bonds is 9. The number of benzene rings is 3. The van der Waals surface area contributed by atoms with Crippen LogP contribution in [0.1, 0.15) is 37.5 Å². The Morgan fingerprint density at radius 3 is 2.31 bits per heavy atom. The largest absolute Gasteiger partial charge is 0.493 e. The molecule has 0 saturated carbocycles. The second kappa shape index (κ2) is 11.6. The Morgan fingerprint density at radius 2 is 1.64 bits per heavy atom. The molecule has 0 unspecified atom stereocenters. The minimum atomic E-state index is -0.340. The quantitative estimate of drug-likeness (QED) is 0.294. The highest BCUT2D eigenvalue weighted by Gasteiger charge is 2.20. The summed E-state index contributed by atoms with van der Waals surface area (Å²) in [5, 5.41) is 3.25. The standard InChI is InChI=1S/C32H35NO6/c1-20-7-13-24-26(17-20)39-30(22-9-11-23(12-10-22)32(2,3)4)31(29(24)35)38-19-28(34)33-16-15-21-8-14-25(36-5)27(18-21)37-6/h7-14,17-18H,15-16,19H2,1-6H3,(H,33,34). The van der Waals surface area contributed by atoms with Crippen molar-refractivity contribution in [2.24, 2.45) is 0 Å². The van der Waals surface area contributed by atoms with Crippen LogP contribution >= 0.6 is 0 Å². The molecular formula is C32H35NO6. The summed E-state index contributed by atoms with van der Waals surface area (Å²) in [5.41, 5.74) is 3.95. The van der Waals surface area contributed by atoms with Gasteiger partial charge in [0.15, 0.2) is 23.9 Å². The number of hydrogen-bond acceptors (Lipinski definition) is 6. The summed E-state index contributed by atoms with van der Waals surface area (Å²) in [6.07, 6.45) is 0.592. The van der Waals surface area contributed by atoms with Crippen molar-refractivity contribution in [3.8, 4) is 28.6 Å². The molecule has 1 aromatic heterocycles. The van der Waals surface area contributed by atoms with E-state index in [0.29, 0.717) is 46.8 Å². The van der Waals surface area contributed by atoms with Gasteiger partial charge in [-0.3, -0.25) is 9.59 Å². The molecule has 4 rings (SSSR count). The number of aryl methyl sites for hydroxylation is 1. The van der Waals surface area contributed by atoms with Crippen LogP contribution in [0.5, 0.6) is 17.2 Å². The maximum Gasteiger partial charge on any atom is 0.257 e. The third-order valence-corrected chi connectivity index (χ3v) is 6.55. The summed E-state index contributed by atoms with van der Waals surface area (Å²) in [5.74, 6) is 1.26. The Balaban J connectivity index is 1.52. The van der Waals surface area contributed by atoms with Crippen molar-refractivity contribution < 1.29 is 23.4 Å². The first-order chi connectivity index (χ1) is 18.6. The number of fused-ring (bicyclic) bond motifs is 1. The summed E-state index contributed by atoms with van der Waals surface area (Å²) in [6.45, 7) is 8.43. The Hall–Kier alpha value is -4.26. The monoisotopic (exact) mass is 529 g/mol. The number of carbonyl (C=O) groups is 1.